The van der Waals surface area contributed by atoms with E-state index in [0.29, 0.717) is 0 Å². The van der Waals surface area contributed by atoms with Gasteiger partial charge in [-0.15, -0.1) is 0 Å². The number of rotatable bonds is 6. The summed E-state index contributed by atoms with van der Waals surface area (Å²) in [5.41, 5.74) is 4.59. The molecule has 1 rings (SSSR count). The maximum atomic E-state index is 11.4. The molecule has 7 heteroatoms. The highest BCUT2D eigenvalue weighted by atomic mass is 16.5. The number of hydrogen-bond donors (Lipinski definition) is 2. The molecule has 0 bridgehead atoms. The molecule has 0 saturated heterocycles. The van der Waals surface area contributed by atoms with Crippen LogP contribution in [0.1, 0.15) is 37.7 Å². The number of carbonyl (C=O) groups is 2. The van der Waals surface area contributed by atoms with Crippen molar-refractivity contribution in [2.75, 3.05) is 11.9 Å². The third-order valence-electron chi connectivity index (χ3n) is 2.05. The smallest absolute Gasteiger partial charge is 0.360 e. The predicted molar refractivity (Wildman–Crippen MR) is 64.0 cm³/mol. The molecule has 0 atom stereocenters. The fraction of sp³-hybridized carbons (Fsp3) is 0.545. The van der Waals surface area contributed by atoms with Gasteiger partial charge in [0, 0.05) is 12.0 Å². The summed E-state index contributed by atoms with van der Waals surface area (Å²) in [5, 5.41) is 2.88. The van der Waals surface area contributed by atoms with E-state index >= 15 is 0 Å². The topological polar surface area (TPSA) is 107 Å². The molecule has 0 aliphatic rings. The number of nitrogens with two attached hydrogens (primary N) is 1. The molecule has 18 heavy (non-hydrogen) atoms. The number of nitrogens with one attached hydrogen (secondary N) is 1. The summed E-state index contributed by atoms with van der Waals surface area (Å²) < 4.78 is 9.85. The summed E-state index contributed by atoms with van der Waals surface area (Å²) >= 11 is 0. The predicted octanol–water partition coefficient (Wildman–Crippen LogP) is 0.917. The summed E-state index contributed by atoms with van der Waals surface area (Å²) in [6.07, 6.45) is 1.31. The molecule has 0 spiro atoms. The maximum Gasteiger partial charge on any atom is 0.360 e. The minimum absolute atomic E-state index is 0.0780. The zero-order valence-electron chi connectivity index (χ0n) is 10.6. The number of aromatic nitrogens is 1. The third kappa shape index (κ3) is 4.08. The van der Waals surface area contributed by atoms with Gasteiger partial charge in [-0.1, -0.05) is 0 Å². The van der Waals surface area contributed by atoms with Crippen LogP contribution in [-0.2, 0) is 9.53 Å². The first-order valence-corrected chi connectivity index (χ1v) is 5.53. The van der Waals surface area contributed by atoms with Gasteiger partial charge in [-0.2, -0.15) is 4.98 Å². The first-order chi connectivity index (χ1) is 8.34. The molecular formula is C11H17N3O4. The van der Waals surface area contributed by atoms with Crippen LogP contribution in [0.2, 0.25) is 0 Å². The molecule has 0 aliphatic carbocycles. The number of anilines is 1. The van der Waals surface area contributed by atoms with Gasteiger partial charge in [-0.05, 0) is 20.8 Å². The fourth-order valence-electron chi connectivity index (χ4n) is 1.40. The molecule has 1 aromatic heterocycles. The van der Waals surface area contributed by atoms with E-state index in [-0.39, 0.29) is 24.7 Å². The lowest BCUT2D eigenvalue weighted by atomic mass is 10.0. The zero-order chi connectivity index (χ0) is 13.8. The Kier molecular flexibility index (Phi) is 4.30. The van der Waals surface area contributed by atoms with E-state index in [4.69, 9.17) is 14.9 Å². The summed E-state index contributed by atoms with van der Waals surface area (Å²) in [6.45, 7) is 5.51. The van der Waals surface area contributed by atoms with Gasteiger partial charge in [-0.3, -0.25) is 4.79 Å². The monoisotopic (exact) mass is 255 g/mol. The molecule has 0 radical (unpaired) electrons. The number of hydrogen-bond acceptors (Lipinski definition) is 6. The highest BCUT2D eigenvalue weighted by Crippen LogP contribution is 2.17. The van der Waals surface area contributed by atoms with Crippen molar-refractivity contribution in [2.24, 2.45) is 5.73 Å². The van der Waals surface area contributed by atoms with E-state index < -0.39 is 17.4 Å². The Morgan fingerprint density at radius 3 is 2.78 bits per heavy atom. The first kappa shape index (κ1) is 14.0. The lowest BCUT2D eigenvalue weighted by Gasteiger charge is -2.23. The summed E-state index contributed by atoms with van der Waals surface area (Å²) in [5.74, 6) is -0.994. The molecule has 7 nitrogen and oxygen atoms in total. The van der Waals surface area contributed by atoms with Gasteiger partial charge in [0.25, 0.3) is 6.01 Å². The Hall–Kier alpha value is -2.05. The molecule has 0 aliphatic heterocycles. The zero-order valence-corrected chi connectivity index (χ0v) is 10.6. The van der Waals surface area contributed by atoms with Crippen LogP contribution in [0.3, 0.4) is 0 Å². The van der Waals surface area contributed by atoms with E-state index in [1.165, 1.54) is 6.26 Å². The number of oxazole rings is 1. The number of carbonyl (C=O) groups excluding carboxylic acids is 2. The number of esters is 1. The molecule has 0 unspecified atom stereocenters. The van der Waals surface area contributed by atoms with Crippen molar-refractivity contribution < 1.29 is 18.7 Å². The molecule has 0 aromatic carbocycles. The lowest BCUT2D eigenvalue weighted by Crippen LogP contribution is -2.36. The molecular weight excluding hydrogens is 238 g/mol. The van der Waals surface area contributed by atoms with Crippen LogP contribution in [0, 0.1) is 0 Å². The largest absolute Gasteiger partial charge is 0.461 e. The van der Waals surface area contributed by atoms with Crippen LogP contribution in [-0.4, -0.2) is 29.0 Å². The molecule has 1 aromatic rings. The highest BCUT2D eigenvalue weighted by Gasteiger charge is 2.23. The molecule has 3 N–H and O–H groups in total. The van der Waals surface area contributed by atoms with Crippen LogP contribution in [0.5, 0.6) is 0 Å². The van der Waals surface area contributed by atoms with Crippen molar-refractivity contribution in [3.63, 3.8) is 0 Å². The number of primary amides is 1. The maximum absolute atomic E-state index is 11.4. The Morgan fingerprint density at radius 2 is 2.22 bits per heavy atom. The van der Waals surface area contributed by atoms with E-state index in [1.54, 1.807) is 20.8 Å². The summed E-state index contributed by atoms with van der Waals surface area (Å²) in [6, 6.07) is 0.143. The number of ether oxygens (including phenoxy) is 1. The van der Waals surface area contributed by atoms with Gasteiger partial charge in [0.1, 0.15) is 6.26 Å². The quantitative estimate of drug-likeness (QED) is 0.732. The minimum Gasteiger partial charge on any atom is -0.461 e. The Morgan fingerprint density at radius 1 is 1.56 bits per heavy atom. The Balaban J connectivity index is 2.69. The van der Waals surface area contributed by atoms with E-state index in [9.17, 15) is 9.59 Å². The molecule has 0 fully saturated rings. The minimum atomic E-state index is -0.609. The fourth-order valence-corrected chi connectivity index (χ4v) is 1.40. The van der Waals surface area contributed by atoms with Gasteiger partial charge in [0.2, 0.25) is 5.91 Å². The van der Waals surface area contributed by atoms with Crippen LogP contribution >= 0.6 is 0 Å². The molecule has 0 saturated carbocycles. The molecule has 100 valence electrons. The number of amides is 1. The SMILES string of the molecule is CCOC(=O)c1coc(NC(C)(C)CC(N)=O)n1. The van der Waals surface area contributed by atoms with Crippen LogP contribution in [0.15, 0.2) is 10.7 Å². The van der Waals surface area contributed by atoms with Crippen molar-refractivity contribution in [1.82, 2.24) is 4.98 Å². The van der Waals surface area contributed by atoms with Gasteiger partial charge in [0.15, 0.2) is 5.69 Å². The van der Waals surface area contributed by atoms with Gasteiger partial charge >= 0.3 is 5.97 Å². The van der Waals surface area contributed by atoms with Crippen molar-refractivity contribution >= 4 is 17.9 Å². The van der Waals surface area contributed by atoms with Gasteiger partial charge in [0.05, 0.1) is 6.61 Å². The average molecular weight is 255 g/mol. The third-order valence-corrected chi connectivity index (χ3v) is 2.05. The Labute approximate surface area is 105 Å². The summed E-state index contributed by atoms with van der Waals surface area (Å²) in [7, 11) is 0. The second-order valence-electron chi connectivity index (χ2n) is 4.41. The van der Waals surface area contributed by atoms with E-state index in [0.717, 1.165) is 0 Å². The van der Waals surface area contributed by atoms with Crippen molar-refractivity contribution in [1.29, 1.82) is 0 Å². The highest BCUT2D eigenvalue weighted by molar-refractivity contribution is 5.87. The number of nitrogens with zero attached hydrogens (tertiary/aromatic N) is 1. The van der Waals surface area contributed by atoms with E-state index in [2.05, 4.69) is 10.3 Å². The van der Waals surface area contributed by atoms with Gasteiger partial charge < -0.3 is 20.2 Å². The molecule has 1 amide bonds. The standard InChI is InChI=1S/C11H17N3O4/c1-4-17-9(16)7-6-18-10(13-7)14-11(2,3)5-8(12)15/h6H,4-5H2,1-3H3,(H2,12,15)(H,13,14). The normalized spacial score (nSPS) is 11.1. The van der Waals surface area contributed by atoms with Crippen molar-refractivity contribution in [2.45, 2.75) is 32.7 Å². The average Bonchev–Trinajstić information content (AvgIpc) is 2.63. The Bertz CT molecular complexity index is 439. The van der Waals surface area contributed by atoms with E-state index in [1.807, 2.05) is 0 Å². The summed E-state index contributed by atoms with van der Waals surface area (Å²) in [4.78, 5) is 26.1. The second-order valence-corrected chi connectivity index (χ2v) is 4.41. The van der Waals surface area contributed by atoms with Crippen LogP contribution in [0.25, 0.3) is 0 Å². The second kappa shape index (κ2) is 5.52. The van der Waals surface area contributed by atoms with Gasteiger partial charge in [-0.25, -0.2) is 4.79 Å². The van der Waals surface area contributed by atoms with Crippen LogP contribution in [0.4, 0.5) is 6.01 Å². The lowest BCUT2D eigenvalue weighted by molar-refractivity contribution is -0.118. The van der Waals surface area contributed by atoms with Crippen molar-refractivity contribution in [3.8, 4) is 0 Å². The van der Waals surface area contributed by atoms with Crippen LogP contribution < -0.4 is 11.1 Å². The first-order valence-electron chi connectivity index (χ1n) is 5.53. The van der Waals surface area contributed by atoms with Crippen molar-refractivity contribution in [3.05, 3.63) is 12.0 Å². The molecule has 1 heterocycles.